The highest BCUT2D eigenvalue weighted by atomic mass is 31.1. The average Bonchev–Trinajstić information content (AvgIpc) is 3.06. The van der Waals surface area contributed by atoms with Crippen LogP contribution in [0.1, 0.15) is 95.9 Å². The fourth-order valence-corrected chi connectivity index (χ4v) is 9.34. The Morgan fingerprint density at radius 2 is 1.02 bits per heavy atom. The molecule has 0 spiro atoms. The molecule has 8 heteroatoms. The molecule has 1 fully saturated rings. The number of para-hydroxylation sites is 1. The first-order valence-corrected chi connectivity index (χ1v) is 15.5. The first-order valence-electron chi connectivity index (χ1n) is 14.2. The lowest BCUT2D eigenvalue weighted by Gasteiger charge is -2.45. The summed E-state index contributed by atoms with van der Waals surface area (Å²) in [7, 11) is -1.51. The predicted octanol–water partition coefficient (Wildman–Crippen LogP) is 10.6. The Kier molecular flexibility index (Phi) is 8.63. The lowest BCUT2D eigenvalue weighted by Crippen LogP contribution is -2.43. The number of benzene rings is 3. The van der Waals surface area contributed by atoms with E-state index in [-0.39, 0.29) is 17.4 Å². The van der Waals surface area contributed by atoms with Crippen LogP contribution in [0.2, 0.25) is 0 Å². The number of anilines is 1. The van der Waals surface area contributed by atoms with Gasteiger partial charge in [-0.05, 0) is 91.4 Å². The standard InChI is InChI=1S/C34H39F6NP/c1-21(2)27-10-9-11-28(22(3)4)29(27)41-30(31(5,6)20-32(41,7)8)42(25-16-12-23(13-17-25)33(35,36)37)26-18-14-24(15-19-26)34(38,39)40/h9-19,21-22H,20H2,1-8H3. The van der Waals surface area contributed by atoms with Crippen molar-refractivity contribution in [3.63, 3.8) is 0 Å². The van der Waals surface area contributed by atoms with Crippen LogP contribution >= 0.6 is 7.92 Å². The molecule has 1 aliphatic rings. The van der Waals surface area contributed by atoms with E-state index >= 15 is 0 Å². The second kappa shape index (κ2) is 11.2. The summed E-state index contributed by atoms with van der Waals surface area (Å²) in [5.74, 6) is 1.42. The molecule has 0 unspecified atom stereocenters. The van der Waals surface area contributed by atoms with Gasteiger partial charge in [0.15, 0.2) is 0 Å². The highest BCUT2D eigenvalue weighted by Gasteiger charge is 2.56. The summed E-state index contributed by atoms with van der Waals surface area (Å²) < 4.78 is 81.2. The number of hydrogen-bond donors (Lipinski definition) is 0. The zero-order valence-corrected chi connectivity index (χ0v) is 26.3. The van der Waals surface area contributed by atoms with E-state index in [0.29, 0.717) is 10.6 Å². The van der Waals surface area contributed by atoms with Gasteiger partial charge in [0.25, 0.3) is 0 Å². The van der Waals surface area contributed by atoms with Crippen molar-refractivity contribution in [2.24, 2.45) is 5.41 Å². The van der Waals surface area contributed by atoms with Crippen LogP contribution in [-0.4, -0.2) is 5.54 Å². The second-order valence-electron chi connectivity index (χ2n) is 13.1. The van der Waals surface area contributed by atoms with Crippen molar-refractivity contribution in [2.75, 3.05) is 4.90 Å². The highest BCUT2D eigenvalue weighted by molar-refractivity contribution is 7.76. The van der Waals surface area contributed by atoms with Gasteiger partial charge in [-0.3, -0.25) is 0 Å². The summed E-state index contributed by atoms with van der Waals surface area (Å²) in [6.07, 6.45) is -8.23. The third kappa shape index (κ3) is 6.23. The van der Waals surface area contributed by atoms with E-state index in [1.165, 1.54) is 35.4 Å². The average molecular weight is 607 g/mol. The van der Waals surface area contributed by atoms with Crippen LogP contribution in [0.4, 0.5) is 32.0 Å². The molecule has 1 nitrogen and oxygen atoms in total. The van der Waals surface area contributed by atoms with Crippen molar-refractivity contribution in [3.8, 4) is 0 Å². The lowest BCUT2D eigenvalue weighted by molar-refractivity contribution is -0.138. The maximum Gasteiger partial charge on any atom is 0.416 e. The molecule has 4 rings (SSSR count). The Bertz CT molecular complexity index is 1300. The van der Waals surface area contributed by atoms with Crippen LogP contribution in [0.5, 0.6) is 0 Å². The van der Waals surface area contributed by atoms with E-state index in [2.05, 4.69) is 78.5 Å². The van der Waals surface area contributed by atoms with Gasteiger partial charge in [-0.2, -0.15) is 26.3 Å². The fraction of sp³-hybridized carbons (Fsp3) is 0.441. The van der Waals surface area contributed by atoms with Crippen molar-refractivity contribution < 1.29 is 26.3 Å². The number of hydrogen-bond acceptors (Lipinski definition) is 1. The number of nitrogens with zero attached hydrogens (tertiary/aromatic N) is 1. The first-order chi connectivity index (χ1) is 19.3. The number of rotatable bonds is 6. The molecule has 0 aromatic heterocycles. The molecular formula is C34H39F6NP. The molecule has 0 aliphatic carbocycles. The molecule has 0 amide bonds. The molecule has 227 valence electrons. The third-order valence-corrected chi connectivity index (χ3v) is 10.8. The van der Waals surface area contributed by atoms with Gasteiger partial charge in [-0.1, -0.05) is 84.0 Å². The van der Waals surface area contributed by atoms with Crippen LogP contribution in [0.15, 0.2) is 66.7 Å². The van der Waals surface area contributed by atoms with Gasteiger partial charge in [0.05, 0.1) is 11.1 Å². The second-order valence-corrected chi connectivity index (χ2v) is 15.2. The van der Waals surface area contributed by atoms with Gasteiger partial charge in [0, 0.05) is 11.2 Å². The maximum absolute atomic E-state index is 13.5. The minimum atomic E-state index is -4.49. The lowest BCUT2D eigenvalue weighted by atomic mass is 9.85. The normalized spacial score (nSPS) is 17.6. The van der Waals surface area contributed by atoms with Gasteiger partial charge in [0.2, 0.25) is 0 Å². The Morgan fingerprint density at radius 3 is 1.36 bits per heavy atom. The third-order valence-electron chi connectivity index (χ3n) is 7.98. The summed E-state index contributed by atoms with van der Waals surface area (Å²) >= 11 is 0. The van der Waals surface area contributed by atoms with Crippen molar-refractivity contribution in [1.82, 2.24) is 0 Å². The molecule has 1 heterocycles. The Hall–Kier alpha value is -2.53. The van der Waals surface area contributed by atoms with Crippen LogP contribution in [0.3, 0.4) is 0 Å². The van der Waals surface area contributed by atoms with Crippen LogP contribution in [0, 0.1) is 11.2 Å². The molecule has 1 saturated heterocycles. The number of halogens is 6. The van der Waals surface area contributed by atoms with Crippen molar-refractivity contribution in [1.29, 1.82) is 0 Å². The summed E-state index contributed by atoms with van der Waals surface area (Å²) in [6, 6.07) is 16.6. The van der Waals surface area contributed by atoms with E-state index < -0.39 is 36.8 Å². The molecule has 1 aliphatic heterocycles. The zero-order chi connectivity index (χ0) is 31.4. The summed E-state index contributed by atoms with van der Waals surface area (Å²) in [5, 5.41) is 1.33. The van der Waals surface area contributed by atoms with Crippen LogP contribution in [-0.2, 0) is 12.4 Å². The van der Waals surface area contributed by atoms with Gasteiger partial charge in [0.1, 0.15) is 5.78 Å². The van der Waals surface area contributed by atoms with E-state index in [1.54, 1.807) is 0 Å². The first kappa shape index (κ1) is 32.4. The quantitative estimate of drug-likeness (QED) is 0.199. The molecule has 0 atom stereocenters. The Morgan fingerprint density at radius 1 is 0.643 bits per heavy atom. The van der Waals surface area contributed by atoms with E-state index in [1.807, 2.05) is 0 Å². The molecule has 3 aromatic carbocycles. The largest absolute Gasteiger partial charge is 0.416 e. The van der Waals surface area contributed by atoms with Gasteiger partial charge in [-0.25, -0.2) is 0 Å². The molecular weight excluding hydrogens is 567 g/mol. The van der Waals surface area contributed by atoms with Gasteiger partial charge in [-0.15, -0.1) is 0 Å². The van der Waals surface area contributed by atoms with E-state index in [4.69, 9.17) is 0 Å². The van der Waals surface area contributed by atoms with E-state index in [9.17, 15) is 26.3 Å². The molecule has 1 radical (unpaired) electrons. The minimum Gasteiger partial charge on any atom is -0.352 e. The zero-order valence-electron chi connectivity index (χ0n) is 25.4. The summed E-state index contributed by atoms with van der Waals surface area (Å²) in [4.78, 5) is 2.39. The van der Waals surface area contributed by atoms with Crippen molar-refractivity contribution >= 4 is 24.2 Å². The molecule has 0 saturated carbocycles. The van der Waals surface area contributed by atoms with Crippen LogP contribution in [0.25, 0.3) is 0 Å². The molecule has 0 N–H and O–H groups in total. The molecule has 0 bridgehead atoms. The monoisotopic (exact) mass is 606 g/mol. The van der Waals surface area contributed by atoms with Crippen molar-refractivity contribution in [3.05, 3.63) is 94.8 Å². The Balaban J connectivity index is 2.03. The van der Waals surface area contributed by atoms with Crippen LogP contribution < -0.4 is 15.5 Å². The summed E-state index contributed by atoms with van der Waals surface area (Å²) in [5.41, 5.74) is 1.14. The minimum absolute atomic E-state index is 0.197. The fourth-order valence-electron chi connectivity index (χ4n) is 6.40. The topological polar surface area (TPSA) is 3.24 Å². The predicted molar refractivity (Wildman–Crippen MR) is 162 cm³/mol. The summed E-state index contributed by atoms with van der Waals surface area (Å²) in [6.45, 7) is 17.2. The molecule has 3 aromatic rings. The van der Waals surface area contributed by atoms with Crippen molar-refractivity contribution in [2.45, 2.75) is 91.5 Å². The maximum atomic E-state index is 13.5. The highest BCUT2D eigenvalue weighted by Crippen LogP contribution is 2.66. The Labute approximate surface area is 247 Å². The SMILES string of the molecule is CC(C)c1cccc(C(C)C)c1N1[C](P(c2ccc(C(F)(F)F)cc2)c2ccc(C(F)(F)F)cc2)C(C)(C)CC1(C)C. The smallest absolute Gasteiger partial charge is 0.352 e. The van der Waals surface area contributed by atoms with E-state index in [0.717, 1.165) is 42.2 Å². The molecule has 42 heavy (non-hydrogen) atoms. The van der Waals surface area contributed by atoms with Gasteiger partial charge >= 0.3 is 12.4 Å². The van der Waals surface area contributed by atoms with Gasteiger partial charge < -0.3 is 4.90 Å². The number of alkyl halides is 6.